The summed E-state index contributed by atoms with van der Waals surface area (Å²) in [5.41, 5.74) is 0. The number of amides is 1. The summed E-state index contributed by atoms with van der Waals surface area (Å²) in [4.78, 5) is 11.2. The maximum atomic E-state index is 11.2. The lowest BCUT2D eigenvalue weighted by molar-refractivity contribution is -0.252. The summed E-state index contributed by atoms with van der Waals surface area (Å²) in [6, 6.07) is 0.183. The summed E-state index contributed by atoms with van der Waals surface area (Å²) in [7, 11) is 0. The fourth-order valence-electron chi connectivity index (χ4n) is 1.49. The topological polar surface area (TPSA) is 59.6 Å². The Morgan fingerprint density at radius 2 is 2.00 bits per heavy atom. The molecule has 0 bridgehead atoms. The van der Waals surface area contributed by atoms with Gasteiger partial charge in [-0.25, -0.2) is 0 Å². The van der Waals surface area contributed by atoms with E-state index in [9.17, 15) is 4.79 Å². The van der Waals surface area contributed by atoms with Gasteiger partial charge in [-0.2, -0.15) is 0 Å². The average molecular weight is 230 g/mol. The molecule has 0 radical (unpaired) electrons. The van der Waals surface area contributed by atoms with Crippen LogP contribution >= 0.6 is 0 Å². The number of rotatable bonds is 5. The molecule has 16 heavy (non-hydrogen) atoms. The van der Waals surface area contributed by atoms with Crippen molar-refractivity contribution in [2.75, 3.05) is 26.3 Å². The number of hydrogen-bond donors (Lipinski definition) is 2. The van der Waals surface area contributed by atoms with Gasteiger partial charge >= 0.3 is 0 Å². The predicted octanol–water partition coefficient (Wildman–Crippen LogP) is 0.254. The lowest BCUT2D eigenvalue weighted by atomic mass is 10.2. The largest absolute Gasteiger partial charge is 0.356 e. The average Bonchev–Trinajstić information content (AvgIpc) is 2.21. The molecule has 1 aliphatic rings. The molecule has 0 spiro atoms. The summed E-state index contributed by atoms with van der Waals surface area (Å²) in [5, 5.41) is 5.99. The van der Waals surface area contributed by atoms with Gasteiger partial charge in [-0.1, -0.05) is 0 Å². The second-order valence-corrected chi connectivity index (χ2v) is 4.38. The monoisotopic (exact) mass is 230 g/mol. The zero-order valence-electron chi connectivity index (χ0n) is 10.3. The lowest BCUT2D eigenvalue weighted by Gasteiger charge is -2.35. The second kappa shape index (κ2) is 6.18. The molecule has 5 heteroatoms. The minimum absolute atomic E-state index is 0.0768. The Morgan fingerprint density at radius 1 is 1.38 bits per heavy atom. The van der Waals surface area contributed by atoms with E-state index in [4.69, 9.17) is 9.47 Å². The van der Waals surface area contributed by atoms with Crippen LogP contribution in [-0.4, -0.2) is 44.0 Å². The van der Waals surface area contributed by atoms with E-state index in [1.54, 1.807) is 0 Å². The highest BCUT2D eigenvalue weighted by atomic mass is 16.7. The number of carbonyl (C=O) groups excluding carboxylic acids is 1. The quantitative estimate of drug-likeness (QED) is 0.711. The van der Waals surface area contributed by atoms with Crippen molar-refractivity contribution in [2.45, 2.75) is 39.0 Å². The number of hydrogen-bond acceptors (Lipinski definition) is 4. The van der Waals surface area contributed by atoms with Crippen LogP contribution in [0.15, 0.2) is 0 Å². The number of carbonyl (C=O) groups is 1. The first-order chi connectivity index (χ1) is 7.53. The Morgan fingerprint density at radius 3 is 2.56 bits per heavy atom. The lowest BCUT2D eigenvalue weighted by Crippen LogP contribution is -2.49. The van der Waals surface area contributed by atoms with Gasteiger partial charge in [0.1, 0.15) is 0 Å². The van der Waals surface area contributed by atoms with E-state index in [1.165, 1.54) is 0 Å². The maximum absolute atomic E-state index is 11.2. The highest BCUT2D eigenvalue weighted by molar-refractivity contribution is 5.75. The molecule has 1 saturated heterocycles. The van der Waals surface area contributed by atoms with Gasteiger partial charge in [0.15, 0.2) is 5.79 Å². The minimum atomic E-state index is -0.474. The van der Waals surface area contributed by atoms with Crippen molar-refractivity contribution in [1.82, 2.24) is 10.6 Å². The molecule has 0 aromatic rings. The Hall–Kier alpha value is -0.650. The van der Waals surface area contributed by atoms with Gasteiger partial charge in [0.05, 0.1) is 19.3 Å². The van der Waals surface area contributed by atoms with Gasteiger partial charge < -0.3 is 20.1 Å². The fraction of sp³-hybridized carbons (Fsp3) is 0.909. The van der Waals surface area contributed by atoms with Gasteiger partial charge in [0.2, 0.25) is 5.91 Å². The number of nitrogens with one attached hydrogen (secondary N) is 2. The SMILES string of the molecule is CCNC(=O)CCNC1COC(C)(C)OC1. The van der Waals surface area contributed by atoms with E-state index in [0.717, 1.165) is 0 Å². The van der Waals surface area contributed by atoms with Crippen LogP contribution in [0.5, 0.6) is 0 Å². The summed E-state index contributed by atoms with van der Waals surface area (Å²) in [6.45, 7) is 8.31. The van der Waals surface area contributed by atoms with Crippen LogP contribution < -0.4 is 10.6 Å². The number of ether oxygens (including phenoxy) is 2. The minimum Gasteiger partial charge on any atom is -0.356 e. The predicted molar refractivity (Wildman–Crippen MR) is 61.1 cm³/mol. The van der Waals surface area contributed by atoms with Gasteiger partial charge in [-0.15, -0.1) is 0 Å². The summed E-state index contributed by atoms with van der Waals surface area (Å²) < 4.78 is 11.0. The first kappa shape index (κ1) is 13.4. The molecule has 0 aliphatic carbocycles. The van der Waals surface area contributed by atoms with Crippen molar-refractivity contribution in [2.24, 2.45) is 0 Å². The molecule has 94 valence electrons. The standard InChI is InChI=1S/C11H22N2O3/c1-4-12-10(14)5-6-13-9-7-15-11(2,3)16-8-9/h9,13H,4-8H2,1-3H3,(H,12,14). The van der Waals surface area contributed by atoms with Crippen molar-refractivity contribution in [1.29, 1.82) is 0 Å². The maximum Gasteiger partial charge on any atom is 0.221 e. The zero-order valence-corrected chi connectivity index (χ0v) is 10.3. The second-order valence-electron chi connectivity index (χ2n) is 4.38. The van der Waals surface area contributed by atoms with Crippen LogP contribution in [0.1, 0.15) is 27.2 Å². The van der Waals surface area contributed by atoms with Crippen molar-refractivity contribution < 1.29 is 14.3 Å². The zero-order chi connectivity index (χ0) is 12.0. The molecule has 1 rings (SSSR count). The molecule has 1 heterocycles. The Kier molecular flexibility index (Phi) is 5.18. The molecule has 0 atom stereocenters. The smallest absolute Gasteiger partial charge is 0.221 e. The molecule has 1 fully saturated rings. The van der Waals surface area contributed by atoms with Crippen LogP contribution in [0.2, 0.25) is 0 Å². The van der Waals surface area contributed by atoms with E-state index in [2.05, 4.69) is 10.6 Å². The Balaban J connectivity index is 2.09. The van der Waals surface area contributed by atoms with Gasteiger partial charge in [0, 0.05) is 19.5 Å². The third-order valence-corrected chi connectivity index (χ3v) is 2.42. The molecular weight excluding hydrogens is 208 g/mol. The van der Waals surface area contributed by atoms with Gasteiger partial charge in [-0.3, -0.25) is 4.79 Å². The first-order valence-electron chi connectivity index (χ1n) is 5.81. The molecule has 1 aliphatic heterocycles. The summed E-state index contributed by atoms with van der Waals surface area (Å²) in [6.07, 6.45) is 0.494. The van der Waals surface area contributed by atoms with E-state index in [1.807, 2.05) is 20.8 Å². The van der Waals surface area contributed by atoms with Crippen LogP contribution in [0, 0.1) is 0 Å². The molecule has 1 amide bonds. The van der Waals surface area contributed by atoms with E-state index >= 15 is 0 Å². The normalized spacial score (nSPS) is 20.7. The Labute approximate surface area is 96.9 Å². The van der Waals surface area contributed by atoms with Crippen molar-refractivity contribution >= 4 is 5.91 Å². The molecule has 2 N–H and O–H groups in total. The van der Waals surface area contributed by atoms with Crippen molar-refractivity contribution in [3.63, 3.8) is 0 Å². The van der Waals surface area contributed by atoms with Crippen LogP contribution in [-0.2, 0) is 14.3 Å². The van der Waals surface area contributed by atoms with E-state index < -0.39 is 5.79 Å². The van der Waals surface area contributed by atoms with Crippen LogP contribution in [0.3, 0.4) is 0 Å². The first-order valence-corrected chi connectivity index (χ1v) is 5.81. The van der Waals surface area contributed by atoms with Crippen molar-refractivity contribution in [3.8, 4) is 0 Å². The third-order valence-electron chi connectivity index (χ3n) is 2.42. The summed E-state index contributed by atoms with van der Waals surface area (Å²) in [5.74, 6) is -0.398. The highest BCUT2D eigenvalue weighted by Crippen LogP contribution is 2.16. The van der Waals surface area contributed by atoms with Crippen molar-refractivity contribution in [3.05, 3.63) is 0 Å². The molecule has 0 aromatic heterocycles. The van der Waals surface area contributed by atoms with E-state index in [-0.39, 0.29) is 11.9 Å². The third kappa shape index (κ3) is 4.92. The van der Waals surface area contributed by atoms with E-state index in [0.29, 0.717) is 32.7 Å². The Bertz CT molecular complexity index is 221. The molecule has 5 nitrogen and oxygen atoms in total. The van der Waals surface area contributed by atoms with Crippen LogP contribution in [0.4, 0.5) is 0 Å². The van der Waals surface area contributed by atoms with Gasteiger partial charge in [0.25, 0.3) is 0 Å². The van der Waals surface area contributed by atoms with Gasteiger partial charge in [-0.05, 0) is 20.8 Å². The summed E-state index contributed by atoms with van der Waals surface area (Å²) >= 11 is 0. The van der Waals surface area contributed by atoms with Crippen LogP contribution in [0.25, 0.3) is 0 Å². The molecular formula is C11H22N2O3. The molecule has 0 saturated carbocycles. The molecule has 0 aromatic carbocycles. The highest BCUT2D eigenvalue weighted by Gasteiger charge is 2.27. The molecule has 0 unspecified atom stereocenters. The fourth-order valence-corrected chi connectivity index (χ4v) is 1.49.